The fourth-order valence-corrected chi connectivity index (χ4v) is 1.36. The first-order valence-electron chi connectivity index (χ1n) is 4.03. The molecule has 0 spiro atoms. The number of rotatable bonds is 2. The maximum atomic E-state index is 10.1. The number of fused-ring (bicyclic) bond motifs is 1. The molecule has 0 N–H and O–H groups in total. The molecular formula is C10H8N2O. The van der Waals surface area contributed by atoms with E-state index in [4.69, 9.17) is 0 Å². The molecule has 3 heteroatoms. The monoisotopic (exact) mass is 172 g/mol. The van der Waals surface area contributed by atoms with Crippen LogP contribution in [0.2, 0.25) is 0 Å². The number of nitroso groups, excluding NO2 is 1. The summed E-state index contributed by atoms with van der Waals surface area (Å²) in [6, 6.07) is 9.54. The number of nitrogens with zero attached hydrogens (tertiary/aromatic N) is 2. The van der Waals surface area contributed by atoms with Crippen LogP contribution in [-0.2, 0) is 6.54 Å². The second-order valence-electron chi connectivity index (χ2n) is 2.77. The zero-order chi connectivity index (χ0) is 9.10. The summed E-state index contributed by atoms with van der Waals surface area (Å²) in [5, 5.41) is 3.88. The zero-order valence-electron chi connectivity index (χ0n) is 6.97. The van der Waals surface area contributed by atoms with Crippen molar-refractivity contribution in [3.8, 4) is 0 Å². The summed E-state index contributed by atoms with van der Waals surface area (Å²) in [5.41, 5.74) is 1.84. The number of aromatic nitrogens is 1. The van der Waals surface area contributed by atoms with Crippen LogP contribution in [0, 0.1) is 4.91 Å². The van der Waals surface area contributed by atoms with Gasteiger partial charge in [0.15, 0.2) is 0 Å². The highest BCUT2D eigenvalue weighted by Gasteiger charge is 1.99. The summed E-state index contributed by atoms with van der Waals surface area (Å²) in [7, 11) is 0. The van der Waals surface area contributed by atoms with Gasteiger partial charge in [0, 0.05) is 11.6 Å². The summed E-state index contributed by atoms with van der Waals surface area (Å²) in [6.07, 6.45) is 1.70. The number of para-hydroxylation sites is 1. The van der Waals surface area contributed by atoms with Crippen LogP contribution in [0.5, 0.6) is 0 Å². The van der Waals surface area contributed by atoms with Gasteiger partial charge in [-0.1, -0.05) is 23.4 Å². The van der Waals surface area contributed by atoms with Crippen molar-refractivity contribution >= 4 is 10.9 Å². The van der Waals surface area contributed by atoms with Crippen molar-refractivity contribution in [3.05, 3.63) is 47.0 Å². The van der Waals surface area contributed by atoms with E-state index in [9.17, 15) is 4.91 Å². The molecule has 0 unspecified atom stereocenters. The molecule has 2 rings (SSSR count). The van der Waals surface area contributed by atoms with Gasteiger partial charge in [0.25, 0.3) is 0 Å². The molecule has 0 aliphatic rings. The van der Waals surface area contributed by atoms with Gasteiger partial charge in [0.2, 0.25) is 0 Å². The molecule has 0 atom stereocenters. The minimum absolute atomic E-state index is 0.211. The predicted molar refractivity (Wildman–Crippen MR) is 51.2 cm³/mol. The summed E-state index contributed by atoms with van der Waals surface area (Å²) in [6.45, 7) is 0.211. The molecule has 0 bridgehead atoms. The molecule has 13 heavy (non-hydrogen) atoms. The van der Waals surface area contributed by atoms with Crippen LogP contribution < -0.4 is 0 Å². The fourth-order valence-electron chi connectivity index (χ4n) is 1.36. The Hall–Kier alpha value is -1.77. The second-order valence-corrected chi connectivity index (χ2v) is 2.77. The lowest BCUT2D eigenvalue weighted by molar-refractivity contribution is 1.06. The van der Waals surface area contributed by atoms with Gasteiger partial charge in [-0.05, 0) is 17.7 Å². The summed E-state index contributed by atoms with van der Waals surface area (Å²) in [5.74, 6) is 0. The van der Waals surface area contributed by atoms with Gasteiger partial charge in [-0.2, -0.15) is 4.91 Å². The van der Waals surface area contributed by atoms with Crippen LogP contribution in [0.25, 0.3) is 10.9 Å². The average Bonchev–Trinajstić information content (AvgIpc) is 2.19. The normalized spacial score (nSPS) is 10.2. The van der Waals surface area contributed by atoms with E-state index in [-0.39, 0.29) is 6.54 Å². The molecule has 64 valence electrons. The lowest BCUT2D eigenvalue weighted by Crippen LogP contribution is -1.85. The Kier molecular flexibility index (Phi) is 2.00. The highest BCUT2D eigenvalue weighted by molar-refractivity contribution is 5.81. The van der Waals surface area contributed by atoms with E-state index in [0.717, 1.165) is 16.5 Å². The average molecular weight is 172 g/mol. The molecule has 1 heterocycles. The van der Waals surface area contributed by atoms with Crippen molar-refractivity contribution in [2.75, 3.05) is 0 Å². The minimum Gasteiger partial charge on any atom is -0.256 e. The van der Waals surface area contributed by atoms with Gasteiger partial charge >= 0.3 is 0 Å². The summed E-state index contributed by atoms with van der Waals surface area (Å²) < 4.78 is 0. The van der Waals surface area contributed by atoms with Gasteiger partial charge in [-0.25, -0.2) is 0 Å². The van der Waals surface area contributed by atoms with Crippen LogP contribution >= 0.6 is 0 Å². The quantitative estimate of drug-likeness (QED) is 0.653. The Morgan fingerprint density at radius 1 is 1.23 bits per heavy atom. The van der Waals surface area contributed by atoms with E-state index in [1.54, 1.807) is 6.20 Å². The summed E-state index contributed by atoms with van der Waals surface area (Å²) >= 11 is 0. The first-order chi connectivity index (χ1) is 6.42. The third kappa shape index (κ3) is 1.40. The largest absolute Gasteiger partial charge is 0.256 e. The maximum Gasteiger partial charge on any atom is 0.107 e. The van der Waals surface area contributed by atoms with Gasteiger partial charge in [0.05, 0.1) is 5.52 Å². The number of hydrogen-bond donors (Lipinski definition) is 0. The van der Waals surface area contributed by atoms with Crippen LogP contribution in [0.3, 0.4) is 0 Å². The van der Waals surface area contributed by atoms with Gasteiger partial charge in [-0.3, -0.25) is 4.98 Å². The van der Waals surface area contributed by atoms with Crippen molar-refractivity contribution in [2.24, 2.45) is 5.18 Å². The van der Waals surface area contributed by atoms with Crippen molar-refractivity contribution in [3.63, 3.8) is 0 Å². The van der Waals surface area contributed by atoms with Crippen LogP contribution in [0.1, 0.15) is 5.56 Å². The van der Waals surface area contributed by atoms with E-state index in [2.05, 4.69) is 10.2 Å². The van der Waals surface area contributed by atoms with E-state index in [0.29, 0.717) is 0 Å². The molecule has 0 radical (unpaired) electrons. The number of pyridine rings is 1. The minimum atomic E-state index is 0.211. The van der Waals surface area contributed by atoms with Crippen LogP contribution in [-0.4, -0.2) is 4.98 Å². The van der Waals surface area contributed by atoms with Crippen molar-refractivity contribution < 1.29 is 0 Å². The predicted octanol–water partition coefficient (Wildman–Crippen LogP) is 2.50. The molecule has 0 fully saturated rings. The Balaban J connectivity index is 2.68. The fraction of sp³-hybridized carbons (Fsp3) is 0.100. The van der Waals surface area contributed by atoms with Gasteiger partial charge < -0.3 is 0 Å². The number of benzene rings is 1. The molecule has 3 nitrogen and oxygen atoms in total. The third-order valence-electron chi connectivity index (χ3n) is 1.97. The van der Waals surface area contributed by atoms with E-state index < -0.39 is 0 Å². The van der Waals surface area contributed by atoms with Crippen molar-refractivity contribution in [1.29, 1.82) is 0 Å². The van der Waals surface area contributed by atoms with Crippen LogP contribution in [0.15, 0.2) is 41.7 Å². The maximum absolute atomic E-state index is 10.1. The van der Waals surface area contributed by atoms with E-state index >= 15 is 0 Å². The first-order valence-corrected chi connectivity index (χ1v) is 4.03. The van der Waals surface area contributed by atoms with Crippen molar-refractivity contribution in [1.82, 2.24) is 4.98 Å². The second kappa shape index (κ2) is 3.31. The molecule has 1 aromatic heterocycles. The SMILES string of the molecule is O=NCc1ccnc2ccccc12. The zero-order valence-corrected chi connectivity index (χ0v) is 6.97. The van der Waals surface area contributed by atoms with E-state index in [1.807, 2.05) is 30.3 Å². The molecule has 0 aliphatic carbocycles. The van der Waals surface area contributed by atoms with Crippen LogP contribution in [0.4, 0.5) is 0 Å². The molecular weight excluding hydrogens is 164 g/mol. The van der Waals surface area contributed by atoms with Gasteiger partial charge in [0.1, 0.15) is 6.54 Å². The van der Waals surface area contributed by atoms with E-state index in [1.165, 1.54) is 0 Å². The smallest absolute Gasteiger partial charge is 0.107 e. The molecule has 2 aromatic rings. The first kappa shape index (κ1) is 7.86. The molecule has 0 aliphatic heterocycles. The lowest BCUT2D eigenvalue weighted by Gasteiger charge is -2.00. The summed E-state index contributed by atoms with van der Waals surface area (Å²) in [4.78, 5) is 14.3. The lowest BCUT2D eigenvalue weighted by atomic mass is 10.1. The topological polar surface area (TPSA) is 42.3 Å². The molecule has 0 saturated carbocycles. The highest BCUT2D eigenvalue weighted by Crippen LogP contribution is 2.16. The standard InChI is InChI=1S/C10H8N2O/c13-12-7-8-5-6-11-10-4-2-1-3-9(8)10/h1-6H,7H2. The Labute approximate surface area is 75.4 Å². The Morgan fingerprint density at radius 3 is 2.92 bits per heavy atom. The highest BCUT2D eigenvalue weighted by atomic mass is 16.3. The Morgan fingerprint density at radius 2 is 2.08 bits per heavy atom. The molecule has 1 aromatic carbocycles. The third-order valence-corrected chi connectivity index (χ3v) is 1.97. The molecule has 0 saturated heterocycles. The Bertz CT molecular complexity index is 434. The van der Waals surface area contributed by atoms with Crippen molar-refractivity contribution in [2.45, 2.75) is 6.54 Å². The molecule has 0 amide bonds. The number of hydrogen-bond acceptors (Lipinski definition) is 3. The van der Waals surface area contributed by atoms with Gasteiger partial charge in [-0.15, -0.1) is 0 Å².